The Morgan fingerprint density at radius 3 is 2.24 bits per heavy atom. The van der Waals surface area contributed by atoms with E-state index in [9.17, 15) is 19.7 Å². The number of phenols is 2. The molecule has 3 N–H and O–H groups in total. The molecule has 3 rings (SSSR count). The number of phenolic OH excluding ortho intramolecular Hbond substituents is 2. The van der Waals surface area contributed by atoms with E-state index in [1.165, 1.54) is 0 Å². The largest absolute Gasteiger partial charge is 0.507 e. The summed E-state index contributed by atoms with van der Waals surface area (Å²) >= 11 is 0. The van der Waals surface area contributed by atoms with E-state index in [0.717, 1.165) is 19.3 Å². The summed E-state index contributed by atoms with van der Waals surface area (Å²) in [5, 5.41) is 22.1. The Bertz CT molecular complexity index is 739. The summed E-state index contributed by atoms with van der Waals surface area (Å²) < 4.78 is 12.7. The summed E-state index contributed by atoms with van der Waals surface area (Å²) in [5.74, 6) is -0.110. The van der Waals surface area contributed by atoms with Crippen LogP contribution in [-0.2, 0) is 11.0 Å². The molecule has 5 heteroatoms. The highest BCUT2D eigenvalue weighted by molar-refractivity contribution is 7.66. The first-order valence-electron chi connectivity index (χ1n) is 7.30. The number of hydrogen-bond acceptors (Lipinski definition) is 3. The summed E-state index contributed by atoms with van der Waals surface area (Å²) in [6.45, 7) is 0. The molecule has 21 heavy (non-hydrogen) atoms. The first-order valence-corrected chi connectivity index (χ1v) is 9.15. The van der Waals surface area contributed by atoms with E-state index in [2.05, 4.69) is 0 Å². The molecule has 0 bridgehead atoms. The maximum absolute atomic E-state index is 12.7. The molecule has 0 aliphatic carbocycles. The molecular weight excluding hydrogens is 287 g/mol. The Morgan fingerprint density at radius 2 is 1.52 bits per heavy atom. The average Bonchev–Trinajstić information content (AvgIpc) is 2.54. The van der Waals surface area contributed by atoms with E-state index in [0.29, 0.717) is 29.2 Å². The summed E-state index contributed by atoms with van der Waals surface area (Å²) in [7, 11) is -3.65. The van der Waals surface area contributed by atoms with E-state index >= 15 is 0 Å². The van der Waals surface area contributed by atoms with Crippen molar-refractivity contribution in [2.45, 2.75) is 32.1 Å². The van der Waals surface area contributed by atoms with E-state index in [1.54, 1.807) is 24.3 Å². The first-order chi connectivity index (χ1) is 10.0. The quantitative estimate of drug-likeness (QED) is 0.515. The molecule has 4 nitrogen and oxygen atoms in total. The first kappa shape index (κ1) is 14.4. The zero-order valence-electron chi connectivity index (χ0n) is 11.7. The van der Waals surface area contributed by atoms with Crippen molar-refractivity contribution in [2.75, 3.05) is 6.16 Å². The van der Waals surface area contributed by atoms with Gasteiger partial charge in [-0.2, -0.15) is 0 Å². The van der Waals surface area contributed by atoms with Crippen LogP contribution in [0.4, 0.5) is 0 Å². The van der Waals surface area contributed by atoms with Gasteiger partial charge in [0.05, 0.1) is 5.30 Å². The molecule has 2 aromatic carbocycles. The van der Waals surface area contributed by atoms with E-state index in [1.807, 2.05) is 0 Å². The van der Waals surface area contributed by atoms with Gasteiger partial charge in [0.25, 0.3) is 0 Å². The Labute approximate surface area is 123 Å². The molecule has 0 saturated carbocycles. The molecule has 112 valence electrons. The van der Waals surface area contributed by atoms with Crippen LogP contribution in [0, 0.1) is 0 Å². The van der Waals surface area contributed by atoms with Gasteiger partial charge >= 0.3 is 0 Å². The predicted octanol–water partition coefficient (Wildman–Crippen LogP) is 3.26. The number of hydrogen-bond donors (Lipinski definition) is 3. The Morgan fingerprint density at radius 1 is 0.905 bits per heavy atom. The third-order valence-corrected chi connectivity index (χ3v) is 6.32. The maximum Gasteiger partial charge on any atom is 0.233 e. The smallest absolute Gasteiger partial charge is 0.233 e. The van der Waals surface area contributed by atoms with Gasteiger partial charge in [0.15, 0.2) is 0 Å². The third kappa shape index (κ3) is 2.43. The molecule has 1 atom stereocenters. The summed E-state index contributed by atoms with van der Waals surface area (Å²) in [6.07, 6.45) is 4.06. The van der Waals surface area contributed by atoms with Crippen LogP contribution >= 0.6 is 7.37 Å². The van der Waals surface area contributed by atoms with Crippen LogP contribution in [0.5, 0.6) is 11.5 Å². The minimum Gasteiger partial charge on any atom is -0.507 e. The Kier molecular flexibility index (Phi) is 3.68. The van der Waals surface area contributed by atoms with Gasteiger partial charge in [-0.05, 0) is 19.3 Å². The minimum atomic E-state index is -3.65. The second-order valence-corrected chi connectivity index (χ2v) is 7.96. The lowest BCUT2D eigenvalue weighted by atomic mass is 9.99. The van der Waals surface area contributed by atoms with Crippen molar-refractivity contribution < 1.29 is 19.7 Å². The topological polar surface area (TPSA) is 77.8 Å². The molecule has 0 radical (unpaired) electrons. The van der Waals surface area contributed by atoms with Crippen LogP contribution in [0.25, 0.3) is 10.8 Å². The van der Waals surface area contributed by atoms with Crippen molar-refractivity contribution in [1.29, 1.82) is 0 Å². The van der Waals surface area contributed by atoms with Crippen molar-refractivity contribution in [1.82, 2.24) is 0 Å². The average molecular weight is 306 g/mol. The highest BCUT2D eigenvalue weighted by Gasteiger charge is 2.32. The lowest BCUT2D eigenvalue weighted by molar-refractivity contribution is 0.459. The van der Waals surface area contributed by atoms with Crippen molar-refractivity contribution in [2.24, 2.45) is 0 Å². The second-order valence-electron chi connectivity index (χ2n) is 5.66. The van der Waals surface area contributed by atoms with Gasteiger partial charge in [0.2, 0.25) is 7.37 Å². The predicted molar refractivity (Wildman–Crippen MR) is 83.8 cm³/mol. The molecule has 0 spiro atoms. The van der Waals surface area contributed by atoms with Gasteiger partial charge in [0.1, 0.15) is 11.5 Å². The van der Waals surface area contributed by atoms with Crippen LogP contribution in [0.15, 0.2) is 24.3 Å². The fourth-order valence-electron chi connectivity index (χ4n) is 3.15. The highest BCUT2D eigenvalue weighted by atomic mass is 31.2. The van der Waals surface area contributed by atoms with Crippen LogP contribution in [0.3, 0.4) is 0 Å². The lowest BCUT2D eigenvalue weighted by Crippen LogP contribution is -2.14. The SMILES string of the molecule is O=P1(O)CCCCCCc2c1c(O)c1ccccc1c2O. The van der Waals surface area contributed by atoms with Gasteiger partial charge < -0.3 is 15.1 Å². The van der Waals surface area contributed by atoms with Gasteiger partial charge in [-0.25, -0.2) is 0 Å². The lowest BCUT2D eigenvalue weighted by Gasteiger charge is -2.19. The van der Waals surface area contributed by atoms with E-state index < -0.39 is 7.37 Å². The summed E-state index contributed by atoms with van der Waals surface area (Å²) in [5.41, 5.74) is 0.443. The molecule has 0 aromatic heterocycles. The minimum absolute atomic E-state index is 0.0366. The molecule has 1 heterocycles. The molecule has 2 aromatic rings. The number of benzene rings is 2. The normalized spacial score (nSPS) is 23.1. The van der Waals surface area contributed by atoms with Crippen molar-refractivity contribution in [3.63, 3.8) is 0 Å². The third-order valence-electron chi connectivity index (χ3n) is 4.22. The van der Waals surface area contributed by atoms with Crippen molar-refractivity contribution >= 4 is 23.4 Å². The molecule has 1 aliphatic rings. The Hall–Kier alpha value is -1.51. The summed E-state index contributed by atoms with van der Waals surface area (Å²) in [6, 6.07) is 6.91. The molecule has 0 saturated heterocycles. The van der Waals surface area contributed by atoms with Gasteiger partial charge in [-0.1, -0.05) is 37.1 Å². The van der Waals surface area contributed by atoms with E-state index in [-0.39, 0.29) is 23.0 Å². The highest BCUT2D eigenvalue weighted by Crippen LogP contribution is 2.49. The standard InChI is InChI=1S/C16H19O4P/c17-14-11-7-4-5-8-12(11)15(18)16-13(14)9-3-1-2-6-10-21(16,19)20/h4-5,7-8,17-18H,1-3,6,9-10H2,(H,19,20). The molecule has 1 unspecified atom stereocenters. The number of aromatic hydroxyl groups is 2. The van der Waals surface area contributed by atoms with Crippen LogP contribution in [-0.4, -0.2) is 21.3 Å². The van der Waals surface area contributed by atoms with Gasteiger partial charge in [-0.15, -0.1) is 0 Å². The Balaban J connectivity index is 2.38. The van der Waals surface area contributed by atoms with Crippen molar-refractivity contribution in [3.05, 3.63) is 29.8 Å². The summed E-state index contributed by atoms with van der Waals surface area (Å²) in [4.78, 5) is 10.4. The second kappa shape index (κ2) is 5.36. The molecule has 0 fully saturated rings. The van der Waals surface area contributed by atoms with Crippen LogP contribution in [0.2, 0.25) is 0 Å². The van der Waals surface area contributed by atoms with Crippen LogP contribution in [0.1, 0.15) is 31.2 Å². The number of rotatable bonds is 0. The molecule has 0 amide bonds. The number of fused-ring (bicyclic) bond motifs is 2. The van der Waals surface area contributed by atoms with Gasteiger partial charge in [-0.3, -0.25) is 4.57 Å². The fraction of sp³-hybridized carbons (Fsp3) is 0.375. The molecular formula is C16H19O4P. The fourth-order valence-corrected chi connectivity index (χ4v) is 5.11. The van der Waals surface area contributed by atoms with E-state index in [4.69, 9.17) is 0 Å². The van der Waals surface area contributed by atoms with Crippen LogP contribution < -0.4 is 5.30 Å². The maximum atomic E-state index is 12.7. The molecule has 1 aliphatic heterocycles. The zero-order chi connectivity index (χ0) is 15.0. The zero-order valence-corrected chi connectivity index (χ0v) is 12.6. The van der Waals surface area contributed by atoms with Gasteiger partial charge in [0, 0.05) is 22.5 Å². The monoisotopic (exact) mass is 306 g/mol. The van der Waals surface area contributed by atoms with Crippen molar-refractivity contribution in [3.8, 4) is 11.5 Å².